The highest BCUT2D eigenvalue weighted by Crippen LogP contribution is 2.24. The summed E-state index contributed by atoms with van der Waals surface area (Å²) < 4.78 is 0. The van der Waals surface area contributed by atoms with E-state index in [1.165, 1.54) is 25.7 Å². The molecule has 0 atom stereocenters. The molecule has 0 spiro atoms. The van der Waals surface area contributed by atoms with Crippen LogP contribution in [0.1, 0.15) is 31.4 Å². The molecule has 0 aromatic carbocycles. The van der Waals surface area contributed by atoms with Crippen molar-refractivity contribution < 1.29 is 0 Å². The second kappa shape index (κ2) is 5.45. The molecule has 1 aliphatic carbocycles. The Balaban J connectivity index is 1.99. The zero-order valence-corrected chi connectivity index (χ0v) is 11.0. The van der Waals surface area contributed by atoms with Crippen LogP contribution in [0.25, 0.3) is 0 Å². The monoisotopic (exact) mass is 234 g/mol. The van der Waals surface area contributed by atoms with Crippen LogP contribution in [0.5, 0.6) is 0 Å². The molecule has 1 aromatic rings. The van der Waals surface area contributed by atoms with Crippen LogP contribution in [0, 0.1) is 6.92 Å². The van der Waals surface area contributed by atoms with Gasteiger partial charge in [0.25, 0.3) is 0 Å². The Hall–Kier alpha value is -1.16. The first kappa shape index (κ1) is 12.3. The summed E-state index contributed by atoms with van der Waals surface area (Å²) in [6.07, 6.45) is 6.78. The molecular formula is C13H22N4. The minimum atomic E-state index is 0.585. The maximum absolute atomic E-state index is 4.49. The van der Waals surface area contributed by atoms with Gasteiger partial charge in [-0.15, -0.1) is 0 Å². The van der Waals surface area contributed by atoms with Crippen LogP contribution in [0.4, 0.5) is 5.95 Å². The Morgan fingerprint density at radius 1 is 1.29 bits per heavy atom. The van der Waals surface area contributed by atoms with Gasteiger partial charge >= 0.3 is 0 Å². The summed E-state index contributed by atoms with van der Waals surface area (Å²) in [6, 6.07) is 3.22. The summed E-state index contributed by atoms with van der Waals surface area (Å²) in [5, 5.41) is 3.36. The number of nitrogens with one attached hydrogen (secondary N) is 1. The molecule has 0 aliphatic heterocycles. The molecule has 0 radical (unpaired) electrons. The summed E-state index contributed by atoms with van der Waals surface area (Å²) in [7, 11) is 4.16. The molecule has 4 nitrogen and oxygen atoms in total. The smallest absolute Gasteiger partial charge is 0.225 e. The van der Waals surface area contributed by atoms with Crippen LogP contribution >= 0.6 is 0 Å². The lowest BCUT2D eigenvalue weighted by molar-refractivity contribution is 0.349. The molecule has 94 valence electrons. The highest BCUT2D eigenvalue weighted by molar-refractivity contribution is 5.30. The van der Waals surface area contributed by atoms with Crippen LogP contribution in [-0.2, 0) is 0 Å². The van der Waals surface area contributed by atoms with Crippen LogP contribution in [-0.4, -0.2) is 36.1 Å². The third-order valence-corrected chi connectivity index (χ3v) is 3.75. The Morgan fingerprint density at radius 2 is 2.00 bits per heavy atom. The van der Waals surface area contributed by atoms with Crippen molar-refractivity contribution in [2.45, 2.75) is 44.7 Å². The van der Waals surface area contributed by atoms with Crippen molar-refractivity contribution in [3.05, 3.63) is 18.0 Å². The fourth-order valence-corrected chi connectivity index (χ4v) is 2.52. The van der Waals surface area contributed by atoms with Crippen molar-refractivity contribution in [3.8, 4) is 0 Å². The summed E-state index contributed by atoms with van der Waals surface area (Å²) in [5.74, 6) is 0.859. The molecule has 0 bridgehead atoms. The average Bonchev–Trinajstić information content (AvgIpc) is 2.38. The van der Waals surface area contributed by atoms with Crippen molar-refractivity contribution in [3.63, 3.8) is 0 Å². The van der Waals surface area contributed by atoms with Gasteiger partial charge in [-0.1, -0.05) is 0 Å². The van der Waals surface area contributed by atoms with Gasteiger partial charge in [0.1, 0.15) is 0 Å². The van der Waals surface area contributed by atoms with Gasteiger partial charge in [0.2, 0.25) is 5.95 Å². The molecule has 4 heteroatoms. The number of nitrogens with zero attached hydrogens (tertiary/aromatic N) is 3. The maximum atomic E-state index is 4.49. The van der Waals surface area contributed by atoms with Crippen molar-refractivity contribution in [2.24, 2.45) is 0 Å². The van der Waals surface area contributed by atoms with E-state index in [2.05, 4.69) is 34.3 Å². The van der Waals surface area contributed by atoms with Crippen molar-refractivity contribution in [2.75, 3.05) is 19.0 Å². The first-order valence-corrected chi connectivity index (χ1v) is 6.40. The standard InChI is InChI=1S/C13H22N4/c1-10-8-9-15-13(16-10)17(3)12-6-4-11(14-2)5-7-12/h8-9,11-12,14H,4-7H2,1-3H3. The zero-order chi connectivity index (χ0) is 12.3. The minimum absolute atomic E-state index is 0.585. The Labute approximate surface area is 103 Å². The quantitative estimate of drug-likeness (QED) is 0.865. The fraction of sp³-hybridized carbons (Fsp3) is 0.692. The normalized spacial score (nSPS) is 24.6. The molecule has 1 heterocycles. The lowest BCUT2D eigenvalue weighted by Crippen LogP contribution is -2.40. The molecule has 1 aliphatic rings. The van der Waals surface area contributed by atoms with Gasteiger partial charge in [-0.2, -0.15) is 0 Å². The third-order valence-electron chi connectivity index (χ3n) is 3.75. The Kier molecular flexibility index (Phi) is 3.94. The number of hydrogen-bond acceptors (Lipinski definition) is 4. The molecule has 0 saturated heterocycles. The highest BCUT2D eigenvalue weighted by atomic mass is 15.2. The SMILES string of the molecule is CNC1CCC(N(C)c2nccc(C)n2)CC1. The Bertz CT molecular complexity index is 358. The summed E-state index contributed by atoms with van der Waals surface area (Å²) >= 11 is 0. The van der Waals surface area contributed by atoms with Crippen LogP contribution < -0.4 is 10.2 Å². The van der Waals surface area contributed by atoms with Crippen LogP contribution in [0.2, 0.25) is 0 Å². The predicted molar refractivity (Wildman–Crippen MR) is 70.3 cm³/mol. The number of aryl methyl sites for hydroxylation is 1. The molecule has 0 unspecified atom stereocenters. The maximum Gasteiger partial charge on any atom is 0.225 e. The molecule has 17 heavy (non-hydrogen) atoms. The van der Waals surface area contributed by atoms with Gasteiger partial charge in [0.05, 0.1) is 0 Å². The number of aromatic nitrogens is 2. The van der Waals surface area contributed by atoms with Gasteiger partial charge in [-0.25, -0.2) is 9.97 Å². The predicted octanol–water partition coefficient (Wildman–Crippen LogP) is 1.75. The third kappa shape index (κ3) is 2.94. The Morgan fingerprint density at radius 3 is 2.59 bits per heavy atom. The van der Waals surface area contributed by atoms with Crippen molar-refractivity contribution in [1.29, 1.82) is 0 Å². The summed E-state index contributed by atoms with van der Waals surface area (Å²) in [4.78, 5) is 11.1. The molecule has 1 aromatic heterocycles. The molecule has 1 fully saturated rings. The first-order valence-electron chi connectivity index (χ1n) is 6.40. The van der Waals surface area contributed by atoms with Gasteiger partial charge < -0.3 is 10.2 Å². The fourth-order valence-electron chi connectivity index (χ4n) is 2.52. The van der Waals surface area contributed by atoms with Gasteiger partial charge in [-0.3, -0.25) is 0 Å². The van der Waals surface area contributed by atoms with E-state index in [1.54, 1.807) is 0 Å². The van der Waals surface area contributed by atoms with E-state index in [-0.39, 0.29) is 0 Å². The van der Waals surface area contributed by atoms with E-state index in [1.807, 2.05) is 19.2 Å². The molecule has 0 amide bonds. The number of anilines is 1. The van der Waals surface area contributed by atoms with E-state index in [9.17, 15) is 0 Å². The molecular weight excluding hydrogens is 212 g/mol. The summed E-state index contributed by atoms with van der Waals surface area (Å²) in [6.45, 7) is 2.01. The average molecular weight is 234 g/mol. The highest BCUT2D eigenvalue weighted by Gasteiger charge is 2.24. The minimum Gasteiger partial charge on any atom is -0.341 e. The van der Waals surface area contributed by atoms with E-state index < -0.39 is 0 Å². The number of rotatable bonds is 3. The first-order chi connectivity index (χ1) is 8.20. The van der Waals surface area contributed by atoms with Crippen LogP contribution in [0.15, 0.2) is 12.3 Å². The van der Waals surface area contributed by atoms with Gasteiger partial charge in [-0.05, 0) is 45.7 Å². The van der Waals surface area contributed by atoms with Crippen LogP contribution in [0.3, 0.4) is 0 Å². The second-order valence-corrected chi connectivity index (χ2v) is 4.90. The summed E-state index contributed by atoms with van der Waals surface area (Å²) in [5.41, 5.74) is 1.03. The van der Waals surface area contributed by atoms with Crippen molar-refractivity contribution >= 4 is 5.95 Å². The zero-order valence-electron chi connectivity index (χ0n) is 11.0. The molecule has 2 rings (SSSR count). The van der Waals surface area contributed by atoms with E-state index in [4.69, 9.17) is 0 Å². The molecule has 1 N–H and O–H groups in total. The lowest BCUT2D eigenvalue weighted by Gasteiger charge is -2.34. The second-order valence-electron chi connectivity index (χ2n) is 4.90. The van der Waals surface area contributed by atoms with Gasteiger partial charge in [0.15, 0.2) is 0 Å². The van der Waals surface area contributed by atoms with Gasteiger partial charge in [0, 0.05) is 31.0 Å². The largest absolute Gasteiger partial charge is 0.341 e. The lowest BCUT2D eigenvalue weighted by atomic mass is 9.90. The number of hydrogen-bond donors (Lipinski definition) is 1. The molecule has 1 saturated carbocycles. The van der Waals surface area contributed by atoms with E-state index in [0.29, 0.717) is 12.1 Å². The topological polar surface area (TPSA) is 41.0 Å². The van der Waals surface area contributed by atoms with E-state index >= 15 is 0 Å². The van der Waals surface area contributed by atoms with Crippen molar-refractivity contribution in [1.82, 2.24) is 15.3 Å². The van der Waals surface area contributed by atoms with E-state index in [0.717, 1.165) is 11.6 Å².